The van der Waals surface area contributed by atoms with Crippen LogP contribution >= 0.6 is 11.3 Å². The van der Waals surface area contributed by atoms with Gasteiger partial charge in [-0.3, -0.25) is 9.78 Å². The van der Waals surface area contributed by atoms with Gasteiger partial charge in [-0.2, -0.15) is 0 Å². The van der Waals surface area contributed by atoms with Crippen molar-refractivity contribution in [3.05, 3.63) is 34.8 Å². The SMILES string of the molecule is CC(=O)CN(C)c1nc(-c2ccccn2)nc2sc(C)c(C)c12. The summed E-state index contributed by atoms with van der Waals surface area (Å²) in [5, 5.41) is 1.02. The molecule has 3 heterocycles. The first-order valence-corrected chi connectivity index (χ1v) is 8.18. The van der Waals surface area contributed by atoms with Crippen molar-refractivity contribution in [2.45, 2.75) is 20.8 Å². The van der Waals surface area contributed by atoms with Gasteiger partial charge in [-0.25, -0.2) is 9.97 Å². The molecule has 0 aliphatic carbocycles. The summed E-state index contributed by atoms with van der Waals surface area (Å²) in [5.74, 6) is 1.47. The number of fused-ring (bicyclic) bond motifs is 1. The van der Waals surface area contributed by atoms with Gasteiger partial charge in [0.2, 0.25) is 0 Å². The molecule has 0 atom stereocenters. The Morgan fingerprint density at radius 2 is 2.04 bits per heavy atom. The molecular formula is C17H18N4OS. The number of nitrogens with zero attached hydrogens (tertiary/aromatic N) is 4. The smallest absolute Gasteiger partial charge is 0.181 e. The highest BCUT2D eigenvalue weighted by atomic mass is 32.1. The summed E-state index contributed by atoms with van der Waals surface area (Å²) in [6.07, 6.45) is 1.73. The zero-order chi connectivity index (χ0) is 16.6. The fraction of sp³-hybridized carbons (Fsp3) is 0.294. The van der Waals surface area contributed by atoms with Crippen molar-refractivity contribution >= 4 is 33.2 Å². The number of anilines is 1. The molecule has 0 spiro atoms. The Labute approximate surface area is 139 Å². The van der Waals surface area contributed by atoms with E-state index < -0.39 is 0 Å². The molecule has 0 N–H and O–H groups in total. The first-order chi connectivity index (χ1) is 11.0. The maximum Gasteiger partial charge on any atom is 0.181 e. The van der Waals surface area contributed by atoms with Crippen molar-refractivity contribution < 1.29 is 4.79 Å². The lowest BCUT2D eigenvalue weighted by atomic mass is 10.2. The molecule has 3 aromatic rings. The third-order valence-electron chi connectivity index (χ3n) is 3.72. The number of Topliss-reactive ketones (excluding diaryl/α,β-unsaturated/α-hetero) is 1. The highest BCUT2D eigenvalue weighted by Gasteiger charge is 2.19. The number of aryl methyl sites for hydroxylation is 2. The topological polar surface area (TPSA) is 59.0 Å². The van der Waals surface area contributed by atoms with E-state index in [0.717, 1.165) is 21.7 Å². The minimum Gasteiger partial charge on any atom is -0.352 e. The van der Waals surface area contributed by atoms with Gasteiger partial charge in [0.15, 0.2) is 5.82 Å². The number of hydrogen-bond acceptors (Lipinski definition) is 6. The van der Waals surface area contributed by atoms with Crippen molar-refractivity contribution in [2.75, 3.05) is 18.5 Å². The molecule has 3 aromatic heterocycles. The summed E-state index contributed by atoms with van der Waals surface area (Å²) in [6, 6.07) is 5.67. The first kappa shape index (κ1) is 15.6. The highest BCUT2D eigenvalue weighted by Crippen LogP contribution is 2.35. The van der Waals surface area contributed by atoms with Crippen LogP contribution in [0.15, 0.2) is 24.4 Å². The predicted octanol–water partition coefficient (Wildman–Crippen LogP) is 3.40. The molecule has 0 fully saturated rings. The van der Waals surface area contributed by atoms with Gasteiger partial charge < -0.3 is 4.90 Å². The second-order valence-corrected chi connectivity index (χ2v) is 6.81. The molecule has 118 valence electrons. The van der Waals surface area contributed by atoms with E-state index in [4.69, 9.17) is 4.98 Å². The van der Waals surface area contributed by atoms with Crippen LogP contribution in [0.4, 0.5) is 5.82 Å². The largest absolute Gasteiger partial charge is 0.352 e. The second kappa shape index (κ2) is 6.04. The Morgan fingerprint density at radius 1 is 1.26 bits per heavy atom. The van der Waals surface area contributed by atoms with Crippen LogP contribution in [0.3, 0.4) is 0 Å². The maximum absolute atomic E-state index is 11.5. The van der Waals surface area contributed by atoms with Crippen molar-refractivity contribution in [2.24, 2.45) is 0 Å². The molecule has 23 heavy (non-hydrogen) atoms. The van der Waals surface area contributed by atoms with Crippen LogP contribution in [0.1, 0.15) is 17.4 Å². The molecule has 0 amide bonds. The van der Waals surface area contributed by atoms with Gasteiger partial charge in [-0.15, -0.1) is 11.3 Å². The molecule has 0 saturated heterocycles. The third-order valence-corrected chi connectivity index (χ3v) is 4.83. The molecule has 0 bridgehead atoms. The molecule has 3 rings (SSSR count). The number of rotatable bonds is 4. The number of hydrogen-bond donors (Lipinski definition) is 0. The molecule has 0 aromatic carbocycles. The average molecular weight is 326 g/mol. The van der Waals surface area contributed by atoms with Gasteiger partial charge in [-0.1, -0.05) is 6.07 Å². The Hall–Kier alpha value is -2.34. The summed E-state index contributed by atoms with van der Waals surface area (Å²) in [6.45, 7) is 6.06. The Kier molecular flexibility index (Phi) is 4.09. The van der Waals surface area contributed by atoms with E-state index in [-0.39, 0.29) is 5.78 Å². The van der Waals surface area contributed by atoms with E-state index >= 15 is 0 Å². The molecule has 0 unspecified atom stereocenters. The quantitative estimate of drug-likeness (QED) is 0.735. The van der Waals surface area contributed by atoms with Gasteiger partial charge in [0, 0.05) is 18.1 Å². The number of pyridine rings is 1. The molecule has 0 aliphatic rings. The predicted molar refractivity (Wildman–Crippen MR) is 94.1 cm³/mol. The van der Waals surface area contributed by atoms with E-state index in [9.17, 15) is 4.79 Å². The van der Waals surface area contributed by atoms with Gasteiger partial charge in [-0.05, 0) is 38.5 Å². The third kappa shape index (κ3) is 2.94. The minimum atomic E-state index is 0.100. The van der Waals surface area contributed by atoms with Crippen molar-refractivity contribution in [3.63, 3.8) is 0 Å². The van der Waals surface area contributed by atoms with E-state index in [1.165, 1.54) is 10.4 Å². The van der Waals surface area contributed by atoms with Crippen molar-refractivity contribution in [1.29, 1.82) is 0 Å². The molecule has 6 heteroatoms. The lowest BCUT2D eigenvalue weighted by molar-refractivity contribution is -0.115. The van der Waals surface area contributed by atoms with E-state index in [1.54, 1.807) is 24.5 Å². The number of ketones is 1. The van der Waals surface area contributed by atoms with Crippen LogP contribution < -0.4 is 4.90 Å². The minimum absolute atomic E-state index is 0.100. The maximum atomic E-state index is 11.5. The summed E-state index contributed by atoms with van der Waals surface area (Å²) < 4.78 is 0. The van der Waals surface area contributed by atoms with Crippen LogP contribution in [0.5, 0.6) is 0 Å². The van der Waals surface area contributed by atoms with Crippen LogP contribution in [0, 0.1) is 13.8 Å². The normalized spacial score (nSPS) is 11.0. The number of carbonyl (C=O) groups is 1. The zero-order valence-electron chi connectivity index (χ0n) is 13.6. The molecule has 0 radical (unpaired) electrons. The lowest BCUT2D eigenvalue weighted by Gasteiger charge is -2.18. The van der Waals surface area contributed by atoms with Crippen LogP contribution in [-0.4, -0.2) is 34.3 Å². The second-order valence-electron chi connectivity index (χ2n) is 5.61. The first-order valence-electron chi connectivity index (χ1n) is 7.37. The lowest BCUT2D eigenvalue weighted by Crippen LogP contribution is -2.25. The van der Waals surface area contributed by atoms with E-state index in [1.807, 2.05) is 30.1 Å². The van der Waals surface area contributed by atoms with Crippen molar-refractivity contribution in [3.8, 4) is 11.5 Å². The summed E-state index contributed by atoms with van der Waals surface area (Å²) in [4.78, 5) is 29.3. The number of carbonyl (C=O) groups excluding carboxylic acids is 1. The zero-order valence-corrected chi connectivity index (χ0v) is 14.4. The van der Waals surface area contributed by atoms with Gasteiger partial charge in [0.25, 0.3) is 0 Å². The Balaban J connectivity index is 2.24. The van der Waals surface area contributed by atoms with E-state index in [0.29, 0.717) is 12.4 Å². The number of likely N-dealkylation sites (N-methyl/N-ethyl adjacent to an activating group) is 1. The Morgan fingerprint density at radius 3 is 2.70 bits per heavy atom. The molecule has 0 saturated carbocycles. The number of thiophene rings is 1. The van der Waals surface area contributed by atoms with E-state index in [2.05, 4.69) is 23.8 Å². The fourth-order valence-electron chi connectivity index (χ4n) is 2.52. The van der Waals surface area contributed by atoms with Crippen molar-refractivity contribution in [1.82, 2.24) is 15.0 Å². The summed E-state index contributed by atoms with van der Waals surface area (Å²) >= 11 is 1.65. The highest BCUT2D eigenvalue weighted by molar-refractivity contribution is 7.18. The summed E-state index contributed by atoms with van der Waals surface area (Å²) in [7, 11) is 1.89. The number of aromatic nitrogens is 3. The average Bonchev–Trinajstić information content (AvgIpc) is 2.81. The molecule has 0 aliphatic heterocycles. The standard InChI is InChI=1S/C17H18N4OS/c1-10(22)9-21(4)16-14-11(2)12(3)23-17(14)20-15(19-16)13-7-5-6-8-18-13/h5-8H,9H2,1-4H3. The summed E-state index contributed by atoms with van der Waals surface area (Å²) in [5.41, 5.74) is 1.90. The van der Waals surface area contributed by atoms with Gasteiger partial charge in [0.1, 0.15) is 22.1 Å². The fourth-order valence-corrected chi connectivity index (χ4v) is 3.55. The monoisotopic (exact) mass is 326 g/mol. The van der Waals surface area contributed by atoms with Crippen LogP contribution in [0.2, 0.25) is 0 Å². The Bertz CT molecular complexity index is 873. The van der Waals surface area contributed by atoms with Gasteiger partial charge >= 0.3 is 0 Å². The van der Waals surface area contributed by atoms with Crippen LogP contribution in [-0.2, 0) is 4.79 Å². The molecular weight excluding hydrogens is 308 g/mol. The van der Waals surface area contributed by atoms with Gasteiger partial charge in [0.05, 0.1) is 11.9 Å². The van der Waals surface area contributed by atoms with Crippen LogP contribution in [0.25, 0.3) is 21.7 Å². The molecule has 5 nitrogen and oxygen atoms in total.